The summed E-state index contributed by atoms with van der Waals surface area (Å²) in [6.45, 7) is 4.52. The molecule has 2 atom stereocenters. The lowest BCUT2D eigenvalue weighted by Crippen LogP contribution is -2.56. The summed E-state index contributed by atoms with van der Waals surface area (Å²) in [5.74, 6) is -0.145. The zero-order valence-electron chi connectivity index (χ0n) is 25.5. The average molecular weight is 592 g/mol. The number of aromatic nitrogens is 2. The molecule has 2 aliphatic heterocycles. The molecule has 5 rings (SSSR count). The van der Waals surface area contributed by atoms with Gasteiger partial charge in [-0.25, -0.2) is 14.8 Å². The lowest BCUT2D eigenvalue weighted by Gasteiger charge is -2.42. The first-order valence-electron chi connectivity index (χ1n) is 15.4. The van der Waals surface area contributed by atoms with Crippen LogP contribution in [-0.2, 0) is 10.2 Å². The molecule has 232 valence electrons. The topological polar surface area (TPSA) is 163 Å². The van der Waals surface area contributed by atoms with Gasteiger partial charge in [0.05, 0.1) is 17.7 Å². The smallest absolute Gasteiger partial charge is 0.317 e. The van der Waals surface area contributed by atoms with Gasteiger partial charge in [-0.3, -0.25) is 9.59 Å². The highest BCUT2D eigenvalue weighted by atomic mass is 16.2. The van der Waals surface area contributed by atoms with E-state index in [0.29, 0.717) is 30.4 Å². The summed E-state index contributed by atoms with van der Waals surface area (Å²) in [6.07, 6.45) is 9.73. The van der Waals surface area contributed by atoms with Gasteiger partial charge >= 0.3 is 6.03 Å². The lowest BCUT2D eigenvalue weighted by atomic mass is 9.72. The van der Waals surface area contributed by atoms with Crippen molar-refractivity contribution >= 4 is 35.2 Å². The quantitative estimate of drug-likeness (QED) is 0.364. The number of carbonyl (C=O) groups excluding carboxylic acids is 3. The number of amides is 4. The van der Waals surface area contributed by atoms with Crippen LogP contribution in [0.25, 0.3) is 0 Å². The monoisotopic (exact) mass is 591 g/mol. The first-order valence-corrected chi connectivity index (χ1v) is 15.4. The molecule has 0 bridgehead atoms. The molecule has 1 aliphatic carbocycles. The minimum atomic E-state index is -0.700. The molecule has 1 aromatic carbocycles. The highest BCUT2D eigenvalue weighted by molar-refractivity contribution is 5.96. The summed E-state index contributed by atoms with van der Waals surface area (Å²) in [5, 5.41) is 6.30. The van der Waals surface area contributed by atoms with E-state index < -0.39 is 11.3 Å². The Hall–Kier alpha value is -3.93. The fourth-order valence-electron chi connectivity index (χ4n) is 6.96. The van der Waals surface area contributed by atoms with Gasteiger partial charge in [0.15, 0.2) is 11.5 Å². The maximum Gasteiger partial charge on any atom is 0.317 e. The molecule has 12 nitrogen and oxygen atoms in total. The van der Waals surface area contributed by atoms with Crippen LogP contribution in [0.3, 0.4) is 0 Å². The van der Waals surface area contributed by atoms with Gasteiger partial charge in [-0.05, 0) is 76.2 Å². The van der Waals surface area contributed by atoms with Crippen molar-refractivity contribution < 1.29 is 14.4 Å². The minimum Gasteiger partial charge on any atom is -0.369 e. The van der Waals surface area contributed by atoms with Crippen LogP contribution in [0.1, 0.15) is 74.3 Å². The predicted molar refractivity (Wildman–Crippen MR) is 166 cm³/mol. The third-order valence-corrected chi connectivity index (χ3v) is 9.66. The second-order valence-electron chi connectivity index (χ2n) is 12.4. The SMILES string of the molecule is CC1C(NC(=O)N(C)C)CCCN1c1cnc(C(N)=O)c(Nc2ccc(C3(C(N)=O)CCN(C4CCCC4)CC3)cc2)n1. The van der Waals surface area contributed by atoms with E-state index in [1.54, 1.807) is 20.3 Å². The van der Waals surface area contributed by atoms with E-state index in [1.165, 1.54) is 30.6 Å². The summed E-state index contributed by atoms with van der Waals surface area (Å²) in [5.41, 5.74) is 12.6. The molecule has 0 radical (unpaired) electrons. The van der Waals surface area contributed by atoms with Gasteiger partial charge < -0.3 is 36.8 Å². The Labute approximate surface area is 253 Å². The van der Waals surface area contributed by atoms with Gasteiger partial charge in [-0.2, -0.15) is 0 Å². The molecule has 2 unspecified atom stereocenters. The molecule has 3 heterocycles. The molecule has 3 aliphatic rings. The number of nitrogens with two attached hydrogens (primary N) is 2. The first-order chi connectivity index (χ1) is 20.6. The predicted octanol–water partition coefficient (Wildman–Crippen LogP) is 2.71. The molecule has 2 saturated heterocycles. The van der Waals surface area contributed by atoms with Crippen molar-refractivity contribution in [1.82, 2.24) is 25.1 Å². The fraction of sp³-hybridized carbons (Fsp3) is 0.581. The van der Waals surface area contributed by atoms with E-state index in [1.807, 2.05) is 31.2 Å². The van der Waals surface area contributed by atoms with Gasteiger partial charge in [0, 0.05) is 38.4 Å². The summed E-state index contributed by atoms with van der Waals surface area (Å²) >= 11 is 0. The maximum absolute atomic E-state index is 12.8. The zero-order chi connectivity index (χ0) is 30.7. The van der Waals surface area contributed by atoms with Crippen LogP contribution in [0.15, 0.2) is 30.5 Å². The number of urea groups is 1. The number of nitrogens with zero attached hydrogens (tertiary/aromatic N) is 5. The second kappa shape index (κ2) is 12.7. The van der Waals surface area contributed by atoms with E-state index in [-0.39, 0.29) is 35.5 Å². The molecule has 43 heavy (non-hydrogen) atoms. The Kier molecular flexibility index (Phi) is 9.05. The summed E-state index contributed by atoms with van der Waals surface area (Å²) < 4.78 is 0. The molecule has 1 aromatic heterocycles. The Morgan fingerprint density at radius 1 is 0.977 bits per heavy atom. The van der Waals surface area contributed by atoms with Crippen LogP contribution < -0.4 is 27.0 Å². The number of hydrogen-bond acceptors (Lipinski definition) is 8. The van der Waals surface area contributed by atoms with Crippen molar-refractivity contribution in [2.75, 3.05) is 43.9 Å². The van der Waals surface area contributed by atoms with Crippen LogP contribution >= 0.6 is 0 Å². The molecular formula is C31H45N9O3. The number of benzene rings is 1. The highest BCUT2D eigenvalue weighted by Crippen LogP contribution is 2.38. The number of hydrogen-bond donors (Lipinski definition) is 4. The summed E-state index contributed by atoms with van der Waals surface area (Å²) in [7, 11) is 3.43. The molecule has 6 N–H and O–H groups in total. The van der Waals surface area contributed by atoms with Crippen LogP contribution in [0.5, 0.6) is 0 Å². The fourth-order valence-corrected chi connectivity index (χ4v) is 6.96. The van der Waals surface area contributed by atoms with Crippen molar-refractivity contribution in [2.24, 2.45) is 11.5 Å². The van der Waals surface area contributed by atoms with E-state index in [0.717, 1.165) is 38.0 Å². The van der Waals surface area contributed by atoms with Crippen LogP contribution in [0.4, 0.5) is 22.1 Å². The van der Waals surface area contributed by atoms with Crippen molar-refractivity contribution in [3.8, 4) is 0 Å². The van der Waals surface area contributed by atoms with E-state index in [2.05, 4.69) is 25.4 Å². The number of nitrogens with one attached hydrogen (secondary N) is 2. The van der Waals surface area contributed by atoms with Gasteiger partial charge in [0.25, 0.3) is 5.91 Å². The van der Waals surface area contributed by atoms with Crippen molar-refractivity contribution in [1.29, 1.82) is 0 Å². The number of anilines is 3. The van der Waals surface area contributed by atoms with Crippen molar-refractivity contribution in [3.05, 3.63) is 41.7 Å². The molecule has 0 spiro atoms. The Morgan fingerprint density at radius 3 is 2.26 bits per heavy atom. The third kappa shape index (κ3) is 6.39. The molecule has 2 aromatic rings. The third-order valence-electron chi connectivity index (χ3n) is 9.66. The first kappa shape index (κ1) is 30.5. The second-order valence-corrected chi connectivity index (χ2v) is 12.4. The molecule has 4 amide bonds. The van der Waals surface area contributed by atoms with Crippen molar-refractivity contribution in [3.63, 3.8) is 0 Å². The standard InChI is InChI=1S/C31H45N9O3/c1-20-24(36-30(43)38(2)3)9-6-16-40(20)25-19-34-26(27(32)41)28(37-25)35-22-12-10-21(11-13-22)31(29(33)42)14-17-39(18-15-31)23-7-4-5-8-23/h10-13,19-20,23-24H,4-9,14-18H2,1-3H3,(H2,32,41)(H2,33,42)(H,35,37)(H,36,43). The maximum atomic E-state index is 12.8. The average Bonchev–Trinajstić information content (AvgIpc) is 3.53. The molecular weight excluding hydrogens is 546 g/mol. The van der Waals surface area contributed by atoms with E-state index in [4.69, 9.17) is 16.5 Å². The highest BCUT2D eigenvalue weighted by Gasteiger charge is 2.43. The van der Waals surface area contributed by atoms with E-state index in [9.17, 15) is 14.4 Å². The van der Waals surface area contributed by atoms with Crippen molar-refractivity contribution in [2.45, 2.75) is 81.8 Å². The largest absolute Gasteiger partial charge is 0.369 e. The lowest BCUT2D eigenvalue weighted by molar-refractivity contribution is -0.125. The zero-order valence-corrected chi connectivity index (χ0v) is 25.5. The van der Waals surface area contributed by atoms with Crippen LogP contribution in [0, 0.1) is 0 Å². The molecule has 12 heteroatoms. The number of likely N-dealkylation sites (tertiary alicyclic amines) is 1. The molecule has 1 saturated carbocycles. The number of primary amides is 2. The number of rotatable bonds is 8. The van der Waals surface area contributed by atoms with E-state index >= 15 is 0 Å². The van der Waals surface area contributed by atoms with Crippen LogP contribution in [0.2, 0.25) is 0 Å². The Bertz CT molecular complexity index is 1320. The minimum absolute atomic E-state index is 0.0304. The summed E-state index contributed by atoms with van der Waals surface area (Å²) in [4.78, 5) is 52.6. The number of carbonyl (C=O) groups is 3. The normalized spacial score (nSPS) is 22.6. The van der Waals surface area contributed by atoms with Gasteiger partial charge in [-0.1, -0.05) is 25.0 Å². The van der Waals surface area contributed by atoms with Crippen LogP contribution in [-0.4, -0.2) is 89.5 Å². The Morgan fingerprint density at radius 2 is 1.65 bits per heavy atom. The summed E-state index contributed by atoms with van der Waals surface area (Å²) in [6, 6.07) is 8.00. The van der Waals surface area contributed by atoms with Gasteiger partial charge in [0.1, 0.15) is 5.82 Å². The van der Waals surface area contributed by atoms with Gasteiger partial charge in [-0.15, -0.1) is 0 Å². The molecule has 3 fully saturated rings. The van der Waals surface area contributed by atoms with Gasteiger partial charge in [0.2, 0.25) is 5.91 Å². The number of piperidine rings is 2. The Balaban J connectivity index is 1.33.